The van der Waals surface area contributed by atoms with Crippen molar-refractivity contribution < 1.29 is 58.7 Å². The second-order valence-corrected chi connectivity index (χ2v) is 5.54. The summed E-state index contributed by atoms with van der Waals surface area (Å²) in [5.41, 5.74) is 0. The lowest BCUT2D eigenvalue weighted by atomic mass is 9.99. The van der Waals surface area contributed by atoms with E-state index in [0.29, 0.717) is 0 Å². The van der Waals surface area contributed by atoms with Gasteiger partial charge in [0.2, 0.25) is 0 Å². The molecule has 0 radical (unpaired) electrons. The molecular formula is C9H14O12P-3. The number of rotatable bonds is 7. The minimum atomic E-state index is -5.47. The molecule has 0 saturated carbocycles. The first-order chi connectivity index (χ1) is 10.1. The van der Waals surface area contributed by atoms with Crippen molar-refractivity contribution >= 4 is 13.8 Å². The fourth-order valence-electron chi connectivity index (χ4n) is 1.66. The van der Waals surface area contributed by atoms with Gasteiger partial charge in [-0.1, -0.05) is 0 Å². The molecule has 13 heteroatoms. The molecule has 130 valence electrons. The Labute approximate surface area is 123 Å². The summed E-state index contributed by atoms with van der Waals surface area (Å²) in [5.74, 6) is -1.98. The van der Waals surface area contributed by atoms with Crippen LogP contribution in [0, 0.1) is 0 Å². The Kier molecular flexibility index (Phi) is 6.83. The zero-order valence-corrected chi connectivity index (χ0v) is 11.8. The van der Waals surface area contributed by atoms with E-state index in [0.717, 1.165) is 0 Å². The van der Waals surface area contributed by atoms with Gasteiger partial charge in [-0.15, -0.1) is 0 Å². The van der Waals surface area contributed by atoms with E-state index in [1.165, 1.54) is 0 Å². The van der Waals surface area contributed by atoms with Gasteiger partial charge in [-0.05, 0) is 0 Å². The highest BCUT2D eigenvalue weighted by atomic mass is 31.2. The van der Waals surface area contributed by atoms with Gasteiger partial charge in [0.25, 0.3) is 0 Å². The highest BCUT2D eigenvalue weighted by Gasteiger charge is 2.44. The van der Waals surface area contributed by atoms with Crippen molar-refractivity contribution in [1.82, 2.24) is 0 Å². The number of hydrogen-bond acceptors (Lipinski definition) is 12. The number of aliphatic carboxylic acids is 1. The molecule has 1 aliphatic rings. The second kappa shape index (κ2) is 7.75. The molecule has 1 heterocycles. The third-order valence-electron chi connectivity index (χ3n) is 2.79. The van der Waals surface area contributed by atoms with Gasteiger partial charge in [0, 0.05) is 0 Å². The van der Waals surface area contributed by atoms with Gasteiger partial charge in [0.05, 0.1) is 27.0 Å². The van der Waals surface area contributed by atoms with Gasteiger partial charge < -0.3 is 58.7 Å². The predicted molar refractivity (Wildman–Crippen MR) is 57.2 cm³/mol. The molecule has 1 rings (SSSR count). The monoisotopic (exact) mass is 345 g/mol. The van der Waals surface area contributed by atoms with Crippen LogP contribution in [-0.4, -0.2) is 76.4 Å². The Hall–Kier alpha value is -0.660. The molecule has 1 saturated heterocycles. The minimum Gasteiger partial charge on any atom is -0.790 e. The highest BCUT2D eigenvalue weighted by molar-refractivity contribution is 7.43. The van der Waals surface area contributed by atoms with Crippen LogP contribution in [0.2, 0.25) is 0 Å². The number of phosphoric ester groups is 1. The summed E-state index contributed by atoms with van der Waals surface area (Å²) in [4.78, 5) is 31.4. The summed E-state index contributed by atoms with van der Waals surface area (Å²) in [6.45, 7) is -2.03. The lowest BCUT2D eigenvalue weighted by molar-refractivity contribution is -0.354. The molecule has 0 aromatic heterocycles. The number of aliphatic hydroxyl groups is 4. The molecule has 22 heavy (non-hydrogen) atoms. The van der Waals surface area contributed by atoms with E-state index in [9.17, 15) is 39.6 Å². The van der Waals surface area contributed by atoms with E-state index in [1.807, 2.05) is 0 Å². The average Bonchev–Trinajstić information content (AvgIpc) is 2.41. The number of aliphatic hydroxyl groups excluding tert-OH is 4. The lowest BCUT2D eigenvalue weighted by Gasteiger charge is -2.41. The molecule has 1 fully saturated rings. The Bertz CT molecular complexity index is 421. The summed E-state index contributed by atoms with van der Waals surface area (Å²) in [7, 11) is -5.47. The van der Waals surface area contributed by atoms with Crippen molar-refractivity contribution in [1.29, 1.82) is 0 Å². The summed E-state index contributed by atoms with van der Waals surface area (Å²) >= 11 is 0. The molecular weight excluding hydrogens is 331 g/mol. The number of carboxylic acid groups (broad SMARTS) is 1. The SMILES string of the molecule is O=C([O-])C(COP(=O)([O-])[O-])O[C@H]1O[C@H](CO)[C@@H](O)[C@H](O)[C@@H]1O. The molecule has 0 amide bonds. The van der Waals surface area contributed by atoms with Crippen LogP contribution in [0.5, 0.6) is 0 Å². The van der Waals surface area contributed by atoms with Gasteiger partial charge in [0.15, 0.2) is 6.29 Å². The van der Waals surface area contributed by atoms with E-state index >= 15 is 0 Å². The molecule has 4 N–H and O–H groups in total. The maximum atomic E-state index is 10.8. The quantitative estimate of drug-likeness (QED) is 0.317. The van der Waals surface area contributed by atoms with Crippen molar-refractivity contribution in [3.05, 3.63) is 0 Å². The third kappa shape index (κ3) is 5.21. The summed E-state index contributed by atoms with van der Waals surface area (Å²) in [6.07, 6.45) is -10.8. The van der Waals surface area contributed by atoms with Crippen molar-refractivity contribution in [3.8, 4) is 0 Å². The van der Waals surface area contributed by atoms with Crippen LogP contribution in [0.1, 0.15) is 0 Å². The zero-order chi connectivity index (χ0) is 17.1. The zero-order valence-electron chi connectivity index (χ0n) is 10.9. The first kappa shape index (κ1) is 19.4. The largest absolute Gasteiger partial charge is 0.790 e. The van der Waals surface area contributed by atoms with Crippen LogP contribution in [0.3, 0.4) is 0 Å². The van der Waals surface area contributed by atoms with E-state index in [-0.39, 0.29) is 0 Å². The fourth-order valence-corrected chi connectivity index (χ4v) is 1.98. The molecule has 0 aromatic carbocycles. The molecule has 0 spiro atoms. The first-order valence-corrected chi connectivity index (χ1v) is 7.36. The highest BCUT2D eigenvalue weighted by Crippen LogP contribution is 2.26. The van der Waals surface area contributed by atoms with Gasteiger partial charge in [-0.2, -0.15) is 0 Å². The topological polar surface area (TPSA) is 212 Å². The third-order valence-corrected chi connectivity index (χ3v) is 3.26. The van der Waals surface area contributed by atoms with Gasteiger partial charge in [0.1, 0.15) is 30.5 Å². The second-order valence-electron chi connectivity index (χ2n) is 4.38. The van der Waals surface area contributed by atoms with Gasteiger partial charge in [-0.25, -0.2) is 0 Å². The van der Waals surface area contributed by atoms with Crippen molar-refractivity contribution in [2.24, 2.45) is 0 Å². The van der Waals surface area contributed by atoms with Crippen LogP contribution in [-0.2, 0) is 23.4 Å². The van der Waals surface area contributed by atoms with Crippen molar-refractivity contribution in [2.45, 2.75) is 36.8 Å². The number of carboxylic acids is 1. The van der Waals surface area contributed by atoms with Crippen LogP contribution >= 0.6 is 7.82 Å². The molecule has 12 nitrogen and oxygen atoms in total. The Morgan fingerprint density at radius 1 is 1.23 bits per heavy atom. The van der Waals surface area contributed by atoms with Crippen LogP contribution in [0.4, 0.5) is 0 Å². The number of carbonyl (C=O) groups is 1. The smallest absolute Gasteiger partial charge is 0.187 e. The number of ether oxygens (including phenoxy) is 2. The van der Waals surface area contributed by atoms with Crippen LogP contribution in [0.15, 0.2) is 0 Å². The fraction of sp³-hybridized carbons (Fsp3) is 0.889. The molecule has 1 unspecified atom stereocenters. The van der Waals surface area contributed by atoms with E-state index in [4.69, 9.17) is 9.84 Å². The Balaban J connectivity index is 2.75. The van der Waals surface area contributed by atoms with Crippen LogP contribution < -0.4 is 14.9 Å². The normalized spacial score (nSPS) is 34.4. The predicted octanol–water partition coefficient (Wildman–Crippen LogP) is -6.23. The van der Waals surface area contributed by atoms with E-state index in [1.54, 1.807) is 0 Å². The average molecular weight is 345 g/mol. The Morgan fingerprint density at radius 2 is 1.82 bits per heavy atom. The number of phosphoric acid groups is 1. The maximum absolute atomic E-state index is 10.8. The summed E-state index contributed by atoms with van der Waals surface area (Å²) in [5, 5.41) is 48.3. The van der Waals surface area contributed by atoms with Crippen molar-refractivity contribution in [3.63, 3.8) is 0 Å². The molecule has 1 aliphatic heterocycles. The summed E-state index contributed by atoms with van der Waals surface area (Å²) < 4.78 is 23.5. The minimum absolute atomic E-state index is 0.784. The van der Waals surface area contributed by atoms with E-state index < -0.39 is 63.8 Å². The van der Waals surface area contributed by atoms with Gasteiger partial charge in [-0.3, -0.25) is 0 Å². The number of carbonyl (C=O) groups excluding carboxylic acids is 1. The van der Waals surface area contributed by atoms with E-state index in [2.05, 4.69) is 9.26 Å². The lowest BCUT2D eigenvalue weighted by Crippen LogP contribution is -2.60. The maximum Gasteiger partial charge on any atom is 0.187 e. The first-order valence-electron chi connectivity index (χ1n) is 5.90. The molecule has 0 aliphatic carbocycles. The summed E-state index contributed by atoms with van der Waals surface area (Å²) in [6, 6.07) is 0. The molecule has 0 bridgehead atoms. The number of hydrogen-bond donors (Lipinski definition) is 4. The Morgan fingerprint density at radius 3 is 2.27 bits per heavy atom. The molecule has 6 atom stereocenters. The van der Waals surface area contributed by atoms with Crippen LogP contribution in [0.25, 0.3) is 0 Å². The van der Waals surface area contributed by atoms with Crippen molar-refractivity contribution in [2.75, 3.05) is 13.2 Å². The van der Waals surface area contributed by atoms with Gasteiger partial charge >= 0.3 is 0 Å². The molecule has 0 aromatic rings. The standard InChI is InChI=1S/C9H17O12P/c10-1-3-5(11)6(12)7(13)9(20-3)21-4(8(14)15)2-19-22(16,17)18/h3-7,9-13H,1-2H2,(H,14,15)(H2,16,17,18)/p-3/t3-,4?,5-,6+,7+,9-/m1/s1.